The number of hydrogen-bond donors (Lipinski definition) is 2. The maximum absolute atomic E-state index is 13.0. The Morgan fingerprint density at radius 2 is 1.54 bits per heavy atom. The van der Waals surface area contributed by atoms with Crippen LogP contribution in [-0.2, 0) is 19.1 Å². The molecule has 0 unspecified atom stereocenters. The molecule has 0 saturated heterocycles. The highest BCUT2D eigenvalue weighted by molar-refractivity contribution is 5.90. The van der Waals surface area contributed by atoms with Gasteiger partial charge >= 0.3 is 11.9 Å². The maximum Gasteiger partial charge on any atom is 0.330 e. The van der Waals surface area contributed by atoms with Crippen molar-refractivity contribution in [2.45, 2.75) is 25.3 Å². The molecule has 0 bridgehead atoms. The fourth-order valence-corrected chi connectivity index (χ4v) is 2.75. The molecule has 0 spiro atoms. The Balaban J connectivity index is 2.18. The summed E-state index contributed by atoms with van der Waals surface area (Å²) in [4.78, 5) is 35.9. The number of rotatable bonds is 9. The van der Waals surface area contributed by atoms with Crippen LogP contribution < -0.4 is 5.32 Å². The third-order valence-corrected chi connectivity index (χ3v) is 4.05. The predicted molar refractivity (Wildman–Crippen MR) is 105 cm³/mol. The molecular formula is C22H23NO5. The van der Waals surface area contributed by atoms with Gasteiger partial charge in [-0.05, 0) is 24.5 Å². The highest BCUT2D eigenvalue weighted by Gasteiger charge is 2.27. The fraction of sp³-hybridized carbons (Fsp3) is 0.227. The van der Waals surface area contributed by atoms with Crippen LogP contribution in [0.15, 0.2) is 72.8 Å². The van der Waals surface area contributed by atoms with Gasteiger partial charge in [0.2, 0.25) is 5.91 Å². The van der Waals surface area contributed by atoms with Crippen molar-refractivity contribution in [3.05, 3.63) is 83.9 Å². The van der Waals surface area contributed by atoms with Crippen molar-refractivity contribution in [3.63, 3.8) is 0 Å². The standard InChI is InChI=1S/C22H23NO5/c1-2-28-19(24)15-9-14-18(22(26)27)23-21(25)20(16-10-5-3-6-11-16)17-12-7-4-8-13-17/h3-13,15,18,20H,2,14H2,1H3,(H,23,25)(H,26,27)/b15-9+/t18-/m0/s1. The Bertz CT molecular complexity index is 778. The number of aliphatic carboxylic acids is 1. The quantitative estimate of drug-likeness (QED) is 0.515. The van der Waals surface area contributed by atoms with E-state index in [2.05, 4.69) is 5.32 Å². The number of esters is 1. The summed E-state index contributed by atoms with van der Waals surface area (Å²) in [6.07, 6.45) is 2.52. The Kier molecular flexibility index (Phi) is 7.96. The molecule has 0 heterocycles. The molecule has 28 heavy (non-hydrogen) atoms. The SMILES string of the molecule is CCOC(=O)/C=C/C[C@H](NC(=O)C(c1ccccc1)c1ccccc1)C(=O)O. The minimum Gasteiger partial charge on any atom is -0.480 e. The van der Waals surface area contributed by atoms with Crippen molar-refractivity contribution in [2.75, 3.05) is 6.61 Å². The smallest absolute Gasteiger partial charge is 0.330 e. The number of benzene rings is 2. The number of carboxylic acids is 1. The molecule has 0 aliphatic carbocycles. The second-order valence-electron chi connectivity index (χ2n) is 6.04. The average Bonchev–Trinajstić information content (AvgIpc) is 2.69. The van der Waals surface area contributed by atoms with Crippen LogP contribution in [0.5, 0.6) is 0 Å². The van der Waals surface area contributed by atoms with Gasteiger partial charge in [0.15, 0.2) is 0 Å². The van der Waals surface area contributed by atoms with E-state index in [0.717, 1.165) is 17.2 Å². The zero-order valence-electron chi connectivity index (χ0n) is 15.6. The predicted octanol–water partition coefficient (Wildman–Crippen LogP) is 2.90. The van der Waals surface area contributed by atoms with Crippen molar-refractivity contribution in [1.29, 1.82) is 0 Å². The summed E-state index contributed by atoms with van der Waals surface area (Å²) in [7, 11) is 0. The van der Waals surface area contributed by atoms with E-state index in [-0.39, 0.29) is 13.0 Å². The van der Waals surface area contributed by atoms with Gasteiger partial charge in [-0.15, -0.1) is 0 Å². The number of carbonyl (C=O) groups excluding carboxylic acids is 2. The number of ether oxygens (including phenoxy) is 1. The van der Waals surface area contributed by atoms with E-state index in [1.54, 1.807) is 6.92 Å². The molecule has 2 rings (SSSR count). The highest BCUT2D eigenvalue weighted by Crippen LogP contribution is 2.25. The van der Waals surface area contributed by atoms with Crippen LogP contribution in [0.3, 0.4) is 0 Å². The molecule has 0 saturated carbocycles. The summed E-state index contributed by atoms with van der Waals surface area (Å²) in [6.45, 7) is 1.91. The fourth-order valence-electron chi connectivity index (χ4n) is 2.75. The third-order valence-electron chi connectivity index (χ3n) is 4.05. The Labute approximate surface area is 163 Å². The lowest BCUT2D eigenvalue weighted by Crippen LogP contribution is -2.43. The first-order valence-electron chi connectivity index (χ1n) is 8.99. The van der Waals surface area contributed by atoms with Crippen molar-refractivity contribution < 1.29 is 24.2 Å². The van der Waals surface area contributed by atoms with Gasteiger partial charge in [-0.25, -0.2) is 9.59 Å². The van der Waals surface area contributed by atoms with E-state index in [4.69, 9.17) is 4.74 Å². The lowest BCUT2D eigenvalue weighted by molar-refractivity contribution is -0.142. The van der Waals surface area contributed by atoms with Gasteiger partial charge < -0.3 is 15.2 Å². The molecule has 2 N–H and O–H groups in total. The highest BCUT2D eigenvalue weighted by atomic mass is 16.5. The summed E-state index contributed by atoms with van der Waals surface area (Å²) in [5, 5.41) is 12.0. The summed E-state index contributed by atoms with van der Waals surface area (Å²) in [5.74, 6) is -2.79. The third kappa shape index (κ3) is 6.09. The molecule has 6 heteroatoms. The van der Waals surface area contributed by atoms with Crippen LogP contribution in [0.1, 0.15) is 30.4 Å². The first-order chi connectivity index (χ1) is 13.5. The molecular weight excluding hydrogens is 358 g/mol. The van der Waals surface area contributed by atoms with E-state index in [1.165, 1.54) is 6.08 Å². The van der Waals surface area contributed by atoms with Crippen molar-refractivity contribution in [1.82, 2.24) is 5.32 Å². The molecule has 1 amide bonds. The Hall–Kier alpha value is -3.41. The zero-order chi connectivity index (χ0) is 20.4. The Morgan fingerprint density at radius 1 is 1.00 bits per heavy atom. The zero-order valence-corrected chi connectivity index (χ0v) is 15.6. The molecule has 2 aromatic carbocycles. The van der Waals surface area contributed by atoms with E-state index in [9.17, 15) is 19.5 Å². The second-order valence-corrected chi connectivity index (χ2v) is 6.04. The van der Waals surface area contributed by atoms with Crippen LogP contribution in [0, 0.1) is 0 Å². The van der Waals surface area contributed by atoms with Crippen LogP contribution in [0.25, 0.3) is 0 Å². The monoisotopic (exact) mass is 381 g/mol. The largest absolute Gasteiger partial charge is 0.480 e. The van der Waals surface area contributed by atoms with Gasteiger partial charge in [0.05, 0.1) is 12.5 Å². The van der Waals surface area contributed by atoms with Gasteiger partial charge in [-0.3, -0.25) is 4.79 Å². The number of amides is 1. The second kappa shape index (κ2) is 10.7. The molecule has 0 radical (unpaired) electrons. The number of hydrogen-bond acceptors (Lipinski definition) is 4. The van der Waals surface area contributed by atoms with Crippen LogP contribution in [0.2, 0.25) is 0 Å². The van der Waals surface area contributed by atoms with Crippen molar-refractivity contribution >= 4 is 17.8 Å². The number of nitrogens with one attached hydrogen (secondary N) is 1. The van der Waals surface area contributed by atoms with Gasteiger partial charge in [-0.1, -0.05) is 66.7 Å². The van der Waals surface area contributed by atoms with E-state index in [1.807, 2.05) is 60.7 Å². The van der Waals surface area contributed by atoms with Crippen molar-refractivity contribution in [2.24, 2.45) is 0 Å². The normalized spacial score (nSPS) is 11.9. The van der Waals surface area contributed by atoms with Gasteiger partial charge in [0.1, 0.15) is 6.04 Å². The van der Waals surface area contributed by atoms with E-state index >= 15 is 0 Å². The van der Waals surface area contributed by atoms with Gasteiger partial charge in [0, 0.05) is 6.08 Å². The topological polar surface area (TPSA) is 92.7 Å². The molecule has 0 aliphatic heterocycles. The Morgan fingerprint density at radius 3 is 2.00 bits per heavy atom. The van der Waals surface area contributed by atoms with E-state index < -0.39 is 29.8 Å². The number of carbonyl (C=O) groups is 3. The minimum absolute atomic E-state index is 0.0316. The van der Waals surface area contributed by atoms with Gasteiger partial charge in [-0.2, -0.15) is 0 Å². The first kappa shape index (κ1) is 20.9. The molecule has 6 nitrogen and oxygen atoms in total. The van der Waals surface area contributed by atoms with Crippen LogP contribution in [-0.4, -0.2) is 35.6 Å². The van der Waals surface area contributed by atoms with Gasteiger partial charge in [0.25, 0.3) is 0 Å². The van der Waals surface area contributed by atoms with Crippen LogP contribution >= 0.6 is 0 Å². The van der Waals surface area contributed by atoms with Crippen molar-refractivity contribution in [3.8, 4) is 0 Å². The first-order valence-corrected chi connectivity index (χ1v) is 8.99. The summed E-state index contributed by atoms with van der Waals surface area (Å²) >= 11 is 0. The lowest BCUT2D eigenvalue weighted by atomic mass is 9.90. The molecule has 146 valence electrons. The maximum atomic E-state index is 13.0. The average molecular weight is 381 g/mol. The summed E-state index contributed by atoms with van der Waals surface area (Å²) in [6, 6.07) is 17.2. The van der Waals surface area contributed by atoms with E-state index in [0.29, 0.717) is 0 Å². The lowest BCUT2D eigenvalue weighted by Gasteiger charge is -2.20. The summed E-state index contributed by atoms with van der Waals surface area (Å²) < 4.78 is 4.76. The molecule has 1 atom stereocenters. The van der Waals surface area contributed by atoms with Crippen LogP contribution in [0.4, 0.5) is 0 Å². The molecule has 2 aromatic rings. The summed E-state index contributed by atoms with van der Waals surface area (Å²) in [5.41, 5.74) is 1.52. The number of carboxylic acid groups (broad SMARTS) is 1. The molecule has 0 fully saturated rings. The minimum atomic E-state index is -1.18. The molecule has 0 aliphatic rings. The molecule has 0 aromatic heterocycles.